The summed E-state index contributed by atoms with van der Waals surface area (Å²) in [5, 5.41) is 13.4. The minimum atomic E-state index is -4.48. The van der Waals surface area contributed by atoms with Crippen LogP contribution < -0.4 is 9.47 Å². The molecule has 3 aromatic rings. The third-order valence-electron chi connectivity index (χ3n) is 7.40. The van der Waals surface area contributed by atoms with Crippen LogP contribution in [0.3, 0.4) is 0 Å². The number of nitrogens with zero attached hydrogens (tertiary/aromatic N) is 3. The van der Waals surface area contributed by atoms with E-state index in [-0.39, 0.29) is 29.0 Å². The normalized spacial score (nSPS) is 19.6. The molecule has 0 N–H and O–H groups in total. The molecular formula is C31H32F3N3O3. The molecule has 0 aliphatic heterocycles. The molecule has 0 atom stereocenters. The summed E-state index contributed by atoms with van der Waals surface area (Å²) in [4.78, 5) is 4.15. The van der Waals surface area contributed by atoms with E-state index in [4.69, 9.17) is 14.0 Å². The SMILES string of the molecule is CC(C)Oc1cc(OCC2CCC(/C=C/c3c(-c4ccccc4C(F)(F)F)noc3C3CC3)CC2)cnc1C#N. The van der Waals surface area contributed by atoms with Crippen molar-refractivity contribution in [2.24, 2.45) is 11.8 Å². The van der Waals surface area contributed by atoms with Gasteiger partial charge in [0, 0.05) is 23.1 Å². The van der Waals surface area contributed by atoms with Gasteiger partial charge >= 0.3 is 6.18 Å². The minimum absolute atomic E-state index is 0.0467. The molecule has 0 saturated heterocycles. The van der Waals surface area contributed by atoms with Crippen molar-refractivity contribution >= 4 is 6.08 Å². The Morgan fingerprint density at radius 3 is 2.55 bits per heavy atom. The number of nitriles is 1. The molecule has 2 aromatic heterocycles. The second-order valence-electron chi connectivity index (χ2n) is 10.9. The Labute approximate surface area is 231 Å². The summed E-state index contributed by atoms with van der Waals surface area (Å²) in [5.41, 5.74) is 0.491. The Hall–Kier alpha value is -3.80. The lowest BCUT2D eigenvalue weighted by Crippen LogP contribution is -2.19. The van der Waals surface area contributed by atoms with Gasteiger partial charge in [-0.1, -0.05) is 35.5 Å². The van der Waals surface area contributed by atoms with Crippen LogP contribution in [0.2, 0.25) is 0 Å². The summed E-state index contributed by atoms with van der Waals surface area (Å²) in [6, 6.07) is 9.28. The molecule has 6 nitrogen and oxygen atoms in total. The molecule has 0 amide bonds. The molecule has 2 heterocycles. The zero-order valence-electron chi connectivity index (χ0n) is 22.6. The van der Waals surface area contributed by atoms with Crippen LogP contribution in [0.15, 0.2) is 47.1 Å². The van der Waals surface area contributed by atoms with Crippen molar-refractivity contribution in [3.05, 3.63) is 65.2 Å². The Morgan fingerprint density at radius 1 is 1.12 bits per heavy atom. The largest absolute Gasteiger partial charge is 0.492 e. The van der Waals surface area contributed by atoms with E-state index in [0.717, 1.165) is 44.6 Å². The van der Waals surface area contributed by atoms with Crippen LogP contribution in [0, 0.1) is 23.2 Å². The van der Waals surface area contributed by atoms with E-state index in [1.807, 2.05) is 26.0 Å². The molecule has 40 heavy (non-hydrogen) atoms. The topological polar surface area (TPSA) is 81.2 Å². The molecular weight excluding hydrogens is 519 g/mol. The number of hydrogen-bond acceptors (Lipinski definition) is 6. The van der Waals surface area contributed by atoms with Gasteiger partial charge in [0.1, 0.15) is 23.3 Å². The molecule has 2 fully saturated rings. The number of alkyl halides is 3. The summed E-state index contributed by atoms with van der Waals surface area (Å²) in [7, 11) is 0. The summed E-state index contributed by atoms with van der Waals surface area (Å²) in [6.45, 7) is 4.32. The zero-order chi connectivity index (χ0) is 28.3. The van der Waals surface area contributed by atoms with Crippen LogP contribution in [-0.4, -0.2) is 22.9 Å². The monoisotopic (exact) mass is 551 g/mol. The van der Waals surface area contributed by atoms with E-state index in [1.165, 1.54) is 12.1 Å². The smallest absolute Gasteiger partial charge is 0.417 e. The van der Waals surface area contributed by atoms with Crippen LogP contribution in [-0.2, 0) is 6.18 Å². The molecule has 2 saturated carbocycles. The predicted octanol–water partition coefficient (Wildman–Crippen LogP) is 8.19. The van der Waals surface area contributed by atoms with Gasteiger partial charge in [-0.2, -0.15) is 18.4 Å². The Bertz CT molecular complexity index is 1390. The first-order chi connectivity index (χ1) is 19.2. The molecule has 0 unspecified atom stereocenters. The number of rotatable bonds is 9. The number of halogens is 3. The van der Waals surface area contributed by atoms with Crippen molar-refractivity contribution in [2.75, 3.05) is 6.61 Å². The van der Waals surface area contributed by atoms with Gasteiger partial charge in [-0.3, -0.25) is 0 Å². The lowest BCUT2D eigenvalue weighted by molar-refractivity contribution is -0.137. The van der Waals surface area contributed by atoms with Gasteiger partial charge in [0.15, 0.2) is 11.4 Å². The second-order valence-corrected chi connectivity index (χ2v) is 10.9. The van der Waals surface area contributed by atoms with Gasteiger partial charge in [0.2, 0.25) is 0 Å². The fourth-order valence-corrected chi connectivity index (χ4v) is 5.17. The van der Waals surface area contributed by atoms with Crippen molar-refractivity contribution in [2.45, 2.75) is 70.6 Å². The zero-order valence-corrected chi connectivity index (χ0v) is 22.6. The number of allylic oxidation sites excluding steroid dienone is 1. The highest BCUT2D eigenvalue weighted by Gasteiger charge is 2.37. The molecule has 0 bridgehead atoms. The highest BCUT2D eigenvalue weighted by molar-refractivity contribution is 5.76. The van der Waals surface area contributed by atoms with Gasteiger partial charge < -0.3 is 14.0 Å². The maximum Gasteiger partial charge on any atom is 0.417 e. The van der Waals surface area contributed by atoms with Crippen LogP contribution >= 0.6 is 0 Å². The molecule has 0 radical (unpaired) electrons. The molecule has 210 valence electrons. The Kier molecular flexibility index (Phi) is 8.15. The fourth-order valence-electron chi connectivity index (χ4n) is 5.17. The van der Waals surface area contributed by atoms with Crippen molar-refractivity contribution in [3.63, 3.8) is 0 Å². The summed E-state index contributed by atoms with van der Waals surface area (Å²) >= 11 is 0. The van der Waals surface area contributed by atoms with Crippen molar-refractivity contribution in [1.29, 1.82) is 5.26 Å². The van der Waals surface area contributed by atoms with E-state index >= 15 is 0 Å². The highest BCUT2D eigenvalue weighted by atomic mass is 19.4. The van der Waals surface area contributed by atoms with Gasteiger partial charge in [-0.05, 0) is 70.3 Å². The summed E-state index contributed by atoms with van der Waals surface area (Å²) in [5.74, 6) is 2.58. The molecule has 1 aromatic carbocycles. The molecule has 2 aliphatic carbocycles. The second kappa shape index (κ2) is 11.7. The third kappa shape index (κ3) is 6.49. The van der Waals surface area contributed by atoms with Gasteiger partial charge in [-0.25, -0.2) is 4.98 Å². The van der Waals surface area contributed by atoms with Crippen molar-refractivity contribution < 1.29 is 27.2 Å². The van der Waals surface area contributed by atoms with E-state index in [1.54, 1.807) is 18.3 Å². The first-order valence-electron chi connectivity index (χ1n) is 13.8. The Balaban J connectivity index is 1.23. The fraction of sp³-hybridized carbons (Fsp3) is 0.452. The van der Waals surface area contributed by atoms with Crippen LogP contribution in [0.5, 0.6) is 11.5 Å². The lowest BCUT2D eigenvalue weighted by Gasteiger charge is -2.26. The molecule has 9 heteroatoms. The molecule has 5 rings (SSSR count). The van der Waals surface area contributed by atoms with E-state index in [0.29, 0.717) is 41.3 Å². The maximum atomic E-state index is 13.7. The van der Waals surface area contributed by atoms with Crippen LogP contribution in [0.25, 0.3) is 17.3 Å². The average molecular weight is 552 g/mol. The van der Waals surface area contributed by atoms with Gasteiger partial charge in [0.25, 0.3) is 0 Å². The lowest BCUT2D eigenvalue weighted by atomic mass is 9.82. The predicted molar refractivity (Wildman–Crippen MR) is 144 cm³/mol. The summed E-state index contributed by atoms with van der Waals surface area (Å²) < 4.78 is 58.4. The number of hydrogen-bond donors (Lipinski definition) is 0. The molecule has 2 aliphatic rings. The van der Waals surface area contributed by atoms with Gasteiger partial charge in [0.05, 0.1) is 24.5 Å². The Morgan fingerprint density at radius 2 is 1.88 bits per heavy atom. The van der Waals surface area contributed by atoms with Crippen LogP contribution in [0.1, 0.15) is 80.9 Å². The van der Waals surface area contributed by atoms with E-state index in [9.17, 15) is 18.4 Å². The number of ether oxygens (including phenoxy) is 2. The van der Waals surface area contributed by atoms with E-state index < -0.39 is 11.7 Å². The van der Waals surface area contributed by atoms with Gasteiger partial charge in [-0.15, -0.1) is 0 Å². The van der Waals surface area contributed by atoms with E-state index in [2.05, 4.69) is 16.2 Å². The number of pyridine rings is 1. The van der Waals surface area contributed by atoms with Crippen molar-refractivity contribution in [3.8, 4) is 28.8 Å². The quantitative estimate of drug-likeness (QED) is 0.267. The maximum absolute atomic E-state index is 13.7. The minimum Gasteiger partial charge on any atom is -0.492 e. The summed E-state index contributed by atoms with van der Waals surface area (Å²) in [6.07, 6.45) is 6.78. The third-order valence-corrected chi connectivity index (χ3v) is 7.40. The highest BCUT2D eigenvalue weighted by Crippen LogP contribution is 2.46. The first-order valence-corrected chi connectivity index (χ1v) is 13.8. The average Bonchev–Trinajstić information content (AvgIpc) is 3.69. The van der Waals surface area contributed by atoms with Crippen LogP contribution in [0.4, 0.5) is 13.2 Å². The number of benzene rings is 1. The van der Waals surface area contributed by atoms with Crippen molar-refractivity contribution in [1.82, 2.24) is 10.1 Å². The number of aromatic nitrogens is 2. The first kappa shape index (κ1) is 27.8. The molecule has 0 spiro atoms. The standard InChI is InChI=1S/C31H32F3N3O3/c1-19(2)39-28-15-23(17-36-27(28)16-35)38-18-21-9-7-20(8-10-21)11-14-25-29(37-40-30(25)22-12-13-22)24-5-3-4-6-26(24)31(32,33)34/h3-6,11,14-15,17,19-22H,7-10,12-13,18H2,1-2H3/b14-11+.